The largest absolute Gasteiger partial charge is 0.491 e. The van der Waals surface area contributed by atoms with Gasteiger partial charge in [-0.2, -0.15) is 0 Å². The Kier molecular flexibility index (Phi) is 5.86. The van der Waals surface area contributed by atoms with Gasteiger partial charge >= 0.3 is 0 Å². The van der Waals surface area contributed by atoms with E-state index in [1.54, 1.807) is 11.8 Å². The lowest BCUT2D eigenvalue weighted by molar-refractivity contribution is 0.0807. The summed E-state index contributed by atoms with van der Waals surface area (Å²) in [5, 5.41) is 0. The SMILES string of the molecule is Cc1ccc(SC2(CN3CCCCC3)COc3cc(C)c(Br)cc3C2=O)cc1. The molecule has 3 nitrogen and oxygen atoms in total. The van der Waals surface area contributed by atoms with Gasteiger partial charge in [-0.3, -0.25) is 4.79 Å². The fourth-order valence-electron chi connectivity index (χ4n) is 3.99. The molecule has 2 aromatic carbocycles. The van der Waals surface area contributed by atoms with Gasteiger partial charge in [0, 0.05) is 15.9 Å². The van der Waals surface area contributed by atoms with Gasteiger partial charge in [0.1, 0.15) is 17.1 Å². The van der Waals surface area contributed by atoms with Crippen LogP contribution in [0.25, 0.3) is 0 Å². The van der Waals surface area contributed by atoms with E-state index in [4.69, 9.17) is 4.74 Å². The first-order valence-electron chi connectivity index (χ1n) is 9.93. The molecule has 1 atom stereocenters. The molecule has 2 aliphatic rings. The highest BCUT2D eigenvalue weighted by Crippen LogP contribution is 2.43. The van der Waals surface area contributed by atoms with Gasteiger partial charge in [0.25, 0.3) is 0 Å². The summed E-state index contributed by atoms with van der Waals surface area (Å²) in [4.78, 5) is 17.4. The van der Waals surface area contributed by atoms with Gasteiger partial charge in [-0.15, -0.1) is 11.8 Å². The van der Waals surface area contributed by atoms with Crippen LogP contribution in [0.4, 0.5) is 0 Å². The van der Waals surface area contributed by atoms with Gasteiger partial charge in [0.05, 0.1) is 5.56 Å². The number of halogens is 1. The van der Waals surface area contributed by atoms with Gasteiger partial charge in [-0.25, -0.2) is 0 Å². The predicted octanol–water partition coefficient (Wildman–Crippen LogP) is 5.66. The quantitative estimate of drug-likeness (QED) is 0.589. The number of hydrogen-bond acceptors (Lipinski definition) is 4. The second kappa shape index (κ2) is 8.21. The minimum Gasteiger partial charge on any atom is -0.491 e. The Labute approximate surface area is 180 Å². The molecule has 0 aliphatic carbocycles. The third-order valence-electron chi connectivity index (χ3n) is 5.64. The Morgan fingerprint density at radius 2 is 1.82 bits per heavy atom. The van der Waals surface area contributed by atoms with Crippen LogP contribution in [0.15, 0.2) is 45.8 Å². The number of carbonyl (C=O) groups is 1. The zero-order chi connectivity index (χ0) is 19.7. The maximum Gasteiger partial charge on any atom is 0.187 e. The molecule has 2 aromatic rings. The highest BCUT2D eigenvalue weighted by Gasteiger charge is 2.46. The molecule has 0 spiro atoms. The molecule has 148 valence electrons. The summed E-state index contributed by atoms with van der Waals surface area (Å²) < 4.78 is 6.53. The molecule has 28 heavy (non-hydrogen) atoms. The zero-order valence-electron chi connectivity index (χ0n) is 16.5. The number of ketones is 1. The average Bonchev–Trinajstić information content (AvgIpc) is 2.69. The van der Waals surface area contributed by atoms with E-state index in [1.807, 2.05) is 19.1 Å². The van der Waals surface area contributed by atoms with E-state index >= 15 is 0 Å². The number of benzene rings is 2. The molecule has 2 aliphatic heterocycles. The van der Waals surface area contributed by atoms with Crippen LogP contribution >= 0.6 is 27.7 Å². The van der Waals surface area contributed by atoms with E-state index < -0.39 is 4.75 Å². The lowest BCUT2D eigenvalue weighted by Gasteiger charge is -2.40. The average molecular weight is 460 g/mol. The van der Waals surface area contributed by atoms with Crippen molar-refractivity contribution in [3.8, 4) is 5.75 Å². The van der Waals surface area contributed by atoms with Crippen molar-refractivity contribution < 1.29 is 9.53 Å². The van der Waals surface area contributed by atoms with E-state index in [-0.39, 0.29) is 5.78 Å². The van der Waals surface area contributed by atoms with Gasteiger partial charge < -0.3 is 9.64 Å². The second-order valence-electron chi connectivity index (χ2n) is 7.96. The Hall–Kier alpha value is -1.30. The number of rotatable bonds is 4. The smallest absolute Gasteiger partial charge is 0.187 e. The molecule has 4 rings (SSSR count). The van der Waals surface area contributed by atoms with E-state index in [0.717, 1.165) is 34.6 Å². The van der Waals surface area contributed by atoms with E-state index in [0.29, 0.717) is 17.9 Å². The Morgan fingerprint density at radius 3 is 2.54 bits per heavy atom. The van der Waals surface area contributed by atoms with E-state index in [1.165, 1.54) is 24.8 Å². The summed E-state index contributed by atoms with van der Waals surface area (Å²) in [5.74, 6) is 0.898. The molecule has 1 unspecified atom stereocenters. The summed E-state index contributed by atoms with van der Waals surface area (Å²) in [6.07, 6.45) is 3.71. The van der Waals surface area contributed by atoms with Crippen molar-refractivity contribution in [1.82, 2.24) is 4.90 Å². The first kappa shape index (κ1) is 20.0. The number of aryl methyl sites for hydroxylation is 2. The number of piperidine rings is 1. The number of Topliss-reactive ketones (excluding diaryl/α,β-unsaturated/α-hetero) is 1. The second-order valence-corrected chi connectivity index (χ2v) is 10.3. The monoisotopic (exact) mass is 459 g/mol. The number of ether oxygens (including phenoxy) is 1. The highest BCUT2D eigenvalue weighted by atomic mass is 79.9. The van der Waals surface area contributed by atoms with Crippen molar-refractivity contribution >= 4 is 33.5 Å². The van der Waals surface area contributed by atoms with Gasteiger partial charge in [-0.05, 0) is 69.6 Å². The number of hydrogen-bond donors (Lipinski definition) is 0. The summed E-state index contributed by atoms with van der Waals surface area (Å²) >= 11 is 5.25. The number of carbonyl (C=O) groups excluding carboxylic acids is 1. The maximum absolute atomic E-state index is 13.8. The van der Waals surface area contributed by atoms with Crippen molar-refractivity contribution in [2.45, 2.75) is 42.8 Å². The van der Waals surface area contributed by atoms with Crippen molar-refractivity contribution in [2.24, 2.45) is 0 Å². The first-order chi connectivity index (χ1) is 13.5. The minimum absolute atomic E-state index is 0.186. The topological polar surface area (TPSA) is 29.5 Å². The summed E-state index contributed by atoms with van der Waals surface area (Å²) in [5.41, 5.74) is 3.01. The Balaban J connectivity index is 1.70. The van der Waals surface area contributed by atoms with Gasteiger partial charge in [-0.1, -0.05) is 40.0 Å². The summed E-state index contributed by atoms with van der Waals surface area (Å²) in [6.45, 7) is 7.38. The van der Waals surface area contributed by atoms with Crippen LogP contribution < -0.4 is 4.74 Å². The first-order valence-corrected chi connectivity index (χ1v) is 11.5. The number of thioether (sulfide) groups is 1. The molecule has 1 fully saturated rings. The van der Waals surface area contributed by atoms with E-state index in [9.17, 15) is 4.79 Å². The van der Waals surface area contributed by atoms with Crippen LogP contribution in [0.5, 0.6) is 5.75 Å². The van der Waals surface area contributed by atoms with Crippen LogP contribution in [0.1, 0.15) is 40.7 Å². The van der Waals surface area contributed by atoms with Crippen molar-refractivity contribution in [2.75, 3.05) is 26.2 Å². The Bertz CT molecular complexity index is 877. The normalized spacial score (nSPS) is 22.6. The minimum atomic E-state index is -0.617. The fourth-order valence-corrected chi connectivity index (χ4v) is 5.63. The molecule has 5 heteroatoms. The molecular formula is C23H26BrNO2S. The predicted molar refractivity (Wildman–Crippen MR) is 119 cm³/mol. The van der Waals surface area contributed by atoms with Crippen LogP contribution in [0, 0.1) is 13.8 Å². The third kappa shape index (κ3) is 4.03. The molecule has 0 aromatic heterocycles. The standard InChI is InChI=1S/C23H26BrNO2S/c1-16-6-8-18(9-7-16)28-23(14-25-10-4-3-5-11-25)15-27-21-12-17(2)20(24)13-19(21)22(23)26/h6-9,12-13H,3-5,10-11,14-15H2,1-2H3. The number of likely N-dealkylation sites (tertiary alicyclic amines) is 1. The number of nitrogens with zero attached hydrogens (tertiary/aromatic N) is 1. The molecule has 0 saturated carbocycles. The molecule has 0 bridgehead atoms. The summed E-state index contributed by atoms with van der Waals surface area (Å²) in [7, 11) is 0. The molecule has 1 saturated heterocycles. The molecular weight excluding hydrogens is 434 g/mol. The molecule has 2 heterocycles. The fraction of sp³-hybridized carbons (Fsp3) is 0.435. The van der Waals surface area contributed by atoms with Gasteiger partial charge in [0.2, 0.25) is 0 Å². The number of fused-ring (bicyclic) bond motifs is 1. The molecule has 0 N–H and O–H groups in total. The Morgan fingerprint density at radius 1 is 1.11 bits per heavy atom. The van der Waals surface area contributed by atoms with Crippen LogP contribution in [-0.4, -0.2) is 41.7 Å². The zero-order valence-corrected chi connectivity index (χ0v) is 18.9. The van der Waals surface area contributed by atoms with Crippen LogP contribution in [-0.2, 0) is 0 Å². The van der Waals surface area contributed by atoms with Gasteiger partial charge in [0.15, 0.2) is 5.78 Å². The lowest BCUT2D eigenvalue weighted by atomic mass is 9.92. The van der Waals surface area contributed by atoms with Crippen molar-refractivity contribution in [3.05, 3.63) is 57.6 Å². The summed E-state index contributed by atoms with van der Waals surface area (Å²) in [6, 6.07) is 12.4. The lowest BCUT2D eigenvalue weighted by Crippen LogP contribution is -2.53. The van der Waals surface area contributed by atoms with Crippen molar-refractivity contribution in [3.63, 3.8) is 0 Å². The van der Waals surface area contributed by atoms with E-state index in [2.05, 4.69) is 52.0 Å². The molecule has 0 radical (unpaired) electrons. The molecule has 0 amide bonds. The van der Waals surface area contributed by atoms with Crippen molar-refractivity contribution in [1.29, 1.82) is 0 Å². The maximum atomic E-state index is 13.8. The van der Waals surface area contributed by atoms with Crippen LogP contribution in [0.3, 0.4) is 0 Å². The van der Waals surface area contributed by atoms with Crippen LogP contribution in [0.2, 0.25) is 0 Å². The third-order valence-corrected chi connectivity index (χ3v) is 7.83. The highest BCUT2D eigenvalue weighted by molar-refractivity contribution is 9.10.